The molecule has 3 nitrogen and oxygen atoms in total. The average molecular weight is 295 g/mol. The molecule has 0 unspecified atom stereocenters. The molecule has 0 amide bonds. The van der Waals surface area contributed by atoms with Gasteiger partial charge in [-0.25, -0.2) is 9.98 Å². The number of halogens is 1. The molecular formula is C14H15ClN2OS. The van der Waals surface area contributed by atoms with Crippen LogP contribution in [0.5, 0.6) is 5.75 Å². The zero-order valence-corrected chi connectivity index (χ0v) is 12.2. The van der Waals surface area contributed by atoms with Crippen LogP contribution in [0.4, 0.5) is 0 Å². The van der Waals surface area contributed by atoms with E-state index in [2.05, 4.69) is 16.9 Å². The molecule has 0 aliphatic carbocycles. The van der Waals surface area contributed by atoms with Gasteiger partial charge in [0.05, 0.1) is 0 Å². The number of nitrogens with zero attached hydrogens (tertiary/aromatic N) is 2. The second kappa shape index (κ2) is 6.78. The van der Waals surface area contributed by atoms with Gasteiger partial charge in [-0.2, -0.15) is 0 Å². The first-order valence-electron chi connectivity index (χ1n) is 6.16. The van der Waals surface area contributed by atoms with E-state index in [1.165, 1.54) is 0 Å². The van der Waals surface area contributed by atoms with Crippen molar-refractivity contribution < 1.29 is 5.11 Å². The van der Waals surface area contributed by atoms with Crippen LogP contribution in [0.3, 0.4) is 0 Å². The summed E-state index contributed by atoms with van der Waals surface area (Å²) >= 11 is 7.67. The molecule has 0 saturated carbocycles. The summed E-state index contributed by atoms with van der Waals surface area (Å²) in [6, 6.07) is 7.07. The van der Waals surface area contributed by atoms with Gasteiger partial charge < -0.3 is 5.11 Å². The number of benzene rings is 1. The Kier molecular flexibility index (Phi) is 5.05. The van der Waals surface area contributed by atoms with Gasteiger partial charge in [0.25, 0.3) is 0 Å². The van der Waals surface area contributed by atoms with Crippen molar-refractivity contribution in [1.29, 1.82) is 0 Å². The number of para-hydroxylation sites is 1. The highest BCUT2D eigenvalue weighted by molar-refractivity contribution is 8.13. The number of aromatic hydroxyl groups is 1. The molecule has 0 fully saturated rings. The molecule has 0 aromatic heterocycles. The summed E-state index contributed by atoms with van der Waals surface area (Å²) in [7, 11) is 0. The molecule has 0 bridgehead atoms. The van der Waals surface area contributed by atoms with E-state index in [0.29, 0.717) is 21.6 Å². The second-order valence-electron chi connectivity index (χ2n) is 4.09. The quantitative estimate of drug-likeness (QED) is 0.843. The lowest BCUT2D eigenvalue weighted by atomic mass is 10.2. The van der Waals surface area contributed by atoms with Crippen LogP contribution in [0.15, 0.2) is 39.9 Å². The van der Waals surface area contributed by atoms with Gasteiger partial charge in [-0.15, -0.1) is 0 Å². The van der Waals surface area contributed by atoms with Crippen LogP contribution >= 0.6 is 23.4 Å². The molecule has 1 aliphatic heterocycles. The van der Waals surface area contributed by atoms with Gasteiger partial charge in [-0.05, 0) is 18.6 Å². The Hall–Kier alpha value is -1.26. The van der Waals surface area contributed by atoms with E-state index in [4.69, 9.17) is 11.6 Å². The molecule has 1 aromatic rings. The van der Waals surface area contributed by atoms with Crippen molar-refractivity contribution in [3.63, 3.8) is 0 Å². The molecular weight excluding hydrogens is 280 g/mol. The topological polar surface area (TPSA) is 45.0 Å². The first-order chi connectivity index (χ1) is 9.20. The predicted octanol–water partition coefficient (Wildman–Crippen LogP) is 4.27. The van der Waals surface area contributed by atoms with Crippen LogP contribution in [0.25, 0.3) is 6.08 Å². The van der Waals surface area contributed by atoms with E-state index in [0.717, 1.165) is 18.6 Å². The van der Waals surface area contributed by atoms with Gasteiger partial charge in [-0.3, -0.25) is 0 Å². The number of rotatable bonds is 4. The highest BCUT2D eigenvalue weighted by Crippen LogP contribution is 2.25. The summed E-state index contributed by atoms with van der Waals surface area (Å²) in [5, 5.41) is 10.8. The van der Waals surface area contributed by atoms with Gasteiger partial charge in [0.2, 0.25) is 0 Å². The Morgan fingerprint density at radius 2 is 2.11 bits per heavy atom. The van der Waals surface area contributed by atoms with Crippen LogP contribution in [-0.2, 0) is 0 Å². The van der Waals surface area contributed by atoms with Crippen LogP contribution < -0.4 is 0 Å². The molecule has 100 valence electrons. The Labute approximate surface area is 122 Å². The van der Waals surface area contributed by atoms with E-state index in [-0.39, 0.29) is 5.75 Å². The number of hydrogen-bond acceptors (Lipinski definition) is 4. The lowest BCUT2D eigenvalue weighted by molar-refractivity contribution is 0.474. The van der Waals surface area contributed by atoms with Crippen LogP contribution in [0.1, 0.15) is 25.3 Å². The molecule has 2 rings (SSSR count). The molecule has 1 aliphatic rings. The Morgan fingerprint density at radius 3 is 2.84 bits per heavy atom. The van der Waals surface area contributed by atoms with E-state index in [1.54, 1.807) is 30.0 Å². The highest BCUT2D eigenvalue weighted by atomic mass is 35.5. The zero-order chi connectivity index (χ0) is 13.7. The normalized spacial score (nSPS) is 16.6. The third-order valence-electron chi connectivity index (χ3n) is 2.58. The smallest absolute Gasteiger partial charge is 0.189 e. The second-order valence-corrected chi connectivity index (χ2v) is 5.51. The molecule has 1 N–H and O–H groups in total. The summed E-state index contributed by atoms with van der Waals surface area (Å²) in [5.74, 6) is 1.20. The molecule has 0 radical (unpaired) electrons. The first kappa shape index (κ1) is 14.2. The van der Waals surface area contributed by atoms with Gasteiger partial charge in [-0.1, -0.05) is 54.9 Å². The van der Waals surface area contributed by atoms with Crippen LogP contribution in [0, 0.1) is 0 Å². The minimum Gasteiger partial charge on any atom is -0.507 e. The van der Waals surface area contributed by atoms with Crippen molar-refractivity contribution in [1.82, 2.24) is 0 Å². The maximum Gasteiger partial charge on any atom is 0.189 e. The van der Waals surface area contributed by atoms with E-state index in [9.17, 15) is 5.11 Å². The summed E-state index contributed by atoms with van der Waals surface area (Å²) in [4.78, 5) is 8.58. The number of thioether (sulfide) groups is 1. The lowest BCUT2D eigenvalue weighted by Crippen LogP contribution is -1.86. The van der Waals surface area contributed by atoms with Crippen LogP contribution in [-0.4, -0.2) is 21.2 Å². The highest BCUT2D eigenvalue weighted by Gasteiger charge is 2.15. The fourth-order valence-electron chi connectivity index (χ4n) is 1.54. The molecule has 19 heavy (non-hydrogen) atoms. The third kappa shape index (κ3) is 3.85. The number of allylic oxidation sites excluding steroid dienone is 1. The molecule has 0 atom stereocenters. The SMILES string of the molecule is CCCCSC1=N/C(=C/c2ccccc2O)C(Cl)=N1. The molecule has 0 spiro atoms. The number of phenols is 1. The minimum absolute atomic E-state index is 0.210. The molecule has 0 saturated heterocycles. The molecule has 5 heteroatoms. The number of amidine groups is 1. The van der Waals surface area contributed by atoms with Crippen LogP contribution in [0.2, 0.25) is 0 Å². The van der Waals surface area contributed by atoms with Crippen molar-refractivity contribution in [3.8, 4) is 5.75 Å². The third-order valence-corrected chi connectivity index (χ3v) is 3.79. The standard InChI is InChI=1S/C14H15ClN2OS/c1-2-3-8-19-14-16-11(13(15)17-14)9-10-6-4-5-7-12(10)18/h4-7,9,18H,2-3,8H2,1H3/b11-9+. The van der Waals surface area contributed by atoms with Gasteiger partial charge in [0.1, 0.15) is 11.4 Å². The van der Waals surface area contributed by atoms with Crippen molar-refractivity contribution in [2.24, 2.45) is 9.98 Å². The van der Waals surface area contributed by atoms with E-state index >= 15 is 0 Å². The number of unbranched alkanes of at least 4 members (excludes halogenated alkanes) is 1. The minimum atomic E-state index is 0.210. The maximum absolute atomic E-state index is 9.72. The maximum atomic E-state index is 9.72. The average Bonchev–Trinajstić information content (AvgIpc) is 2.73. The Balaban J connectivity index is 2.13. The molecule has 1 aromatic carbocycles. The lowest BCUT2D eigenvalue weighted by Gasteiger charge is -1.98. The monoisotopic (exact) mass is 294 g/mol. The number of aliphatic imine (C=N–C) groups is 2. The predicted molar refractivity (Wildman–Crippen MR) is 84.2 cm³/mol. The number of hydrogen-bond donors (Lipinski definition) is 1. The summed E-state index contributed by atoms with van der Waals surface area (Å²) in [6.07, 6.45) is 4.03. The van der Waals surface area contributed by atoms with Crippen molar-refractivity contribution in [2.75, 3.05) is 5.75 Å². The van der Waals surface area contributed by atoms with Crippen molar-refractivity contribution >= 4 is 39.8 Å². The van der Waals surface area contributed by atoms with E-state index in [1.807, 2.05) is 12.1 Å². The summed E-state index contributed by atoms with van der Waals surface area (Å²) < 4.78 is 0. The number of phenolic OH excluding ortho intramolecular Hbond substituents is 1. The fraction of sp³-hybridized carbons (Fsp3) is 0.286. The van der Waals surface area contributed by atoms with Crippen molar-refractivity contribution in [2.45, 2.75) is 19.8 Å². The van der Waals surface area contributed by atoms with Gasteiger partial charge in [0, 0.05) is 11.3 Å². The summed E-state index contributed by atoms with van der Waals surface area (Å²) in [6.45, 7) is 2.15. The first-order valence-corrected chi connectivity index (χ1v) is 7.53. The summed E-state index contributed by atoms with van der Waals surface area (Å²) in [5.41, 5.74) is 1.29. The molecule has 1 heterocycles. The van der Waals surface area contributed by atoms with E-state index < -0.39 is 0 Å². The Morgan fingerprint density at radius 1 is 1.32 bits per heavy atom. The largest absolute Gasteiger partial charge is 0.507 e. The Bertz CT molecular complexity index is 552. The van der Waals surface area contributed by atoms with Crippen molar-refractivity contribution in [3.05, 3.63) is 35.5 Å². The fourth-order valence-corrected chi connectivity index (χ4v) is 2.70. The van der Waals surface area contributed by atoms with Gasteiger partial charge in [0.15, 0.2) is 10.3 Å². The van der Waals surface area contributed by atoms with Gasteiger partial charge >= 0.3 is 0 Å². The zero-order valence-electron chi connectivity index (χ0n) is 10.6.